The van der Waals surface area contributed by atoms with E-state index in [0.29, 0.717) is 10.3 Å². The Morgan fingerprint density at radius 1 is 1.10 bits per heavy atom. The minimum Gasteiger partial charge on any atom is -0.308 e. The number of rotatable bonds is 5. The van der Waals surface area contributed by atoms with Crippen LogP contribution in [0.2, 0.25) is 10.3 Å². The number of hydrogen-bond donors (Lipinski definition) is 0. The second kappa shape index (κ2) is 7.57. The lowest BCUT2D eigenvalue weighted by atomic mass is 10.2. The summed E-state index contributed by atoms with van der Waals surface area (Å²) < 4.78 is 0. The smallest absolute Gasteiger partial charge is 0.135 e. The second-order valence-electron chi connectivity index (χ2n) is 5.50. The number of halogens is 2. The maximum atomic E-state index is 6.12. The van der Waals surface area contributed by atoms with E-state index in [4.69, 9.17) is 23.2 Å². The van der Waals surface area contributed by atoms with Crippen molar-refractivity contribution in [1.82, 2.24) is 19.7 Å². The summed E-state index contributed by atoms with van der Waals surface area (Å²) >= 11 is 11.9. The summed E-state index contributed by atoms with van der Waals surface area (Å²) in [6.07, 6.45) is 0. The highest BCUT2D eigenvalue weighted by Gasteiger charge is 2.17. The number of pyridine rings is 1. The minimum atomic E-state index is 0.451. The predicted molar refractivity (Wildman–Crippen MR) is 84.5 cm³/mol. The van der Waals surface area contributed by atoms with Crippen LogP contribution in [0, 0.1) is 0 Å². The Hall–Kier alpha value is -0.390. The molecule has 0 aliphatic carbocycles. The molecule has 0 radical (unpaired) electrons. The number of hydrogen-bond acceptors (Lipinski definition) is 4. The van der Waals surface area contributed by atoms with Gasteiger partial charge in [0.25, 0.3) is 0 Å². The van der Waals surface area contributed by atoms with Gasteiger partial charge in [-0.1, -0.05) is 29.3 Å². The highest BCUT2D eigenvalue weighted by molar-refractivity contribution is 6.32. The van der Waals surface area contributed by atoms with Crippen LogP contribution in [0.1, 0.15) is 5.56 Å². The predicted octanol–water partition coefficient (Wildman–Crippen LogP) is 2.07. The first-order valence-corrected chi connectivity index (χ1v) is 7.70. The van der Waals surface area contributed by atoms with Crippen LogP contribution < -0.4 is 0 Å². The van der Waals surface area contributed by atoms with Gasteiger partial charge in [-0.25, -0.2) is 4.98 Å². The van der Waals surface area contributed by atoms with Crippen molar-refractivity contribution in [3.8, 4) is 0 Å². The van der Waals surface area contributed by atoms with E-state index in [1.54, 1.807) is 6.07 Å². The fourth-order valence-corrected chi connectivity index (χ4v) is 2.72. The van der Waals surface area contributed by atoms with E-state index in [1.165, 1.54) is 0 Å². The standard InChI is InChI=1S/C14H22Cl2N4/c1-18(2)5-6-19-7-9-20(10-8-19)11-12-3-4-13(15)17-14(12)16/h3-4H,5-11H2,1-2H3. The first kappa shape index (κ1) is 16.0. The Bertz CT molecular complexity index is 431. The Labute approximate surface area is 131 Å². The zero-order chi connectivity index (χ0) is 14.5. The quantitative estimate of drug-likeness (QED) is 0.776. The van der Waals surface area contributed by atoms with Gasteiger partial charge in [0.05, 0.1) is 0 Å². The van der Waals surface area contributed by atoms with Gasteiger partial charge in [0.2, 0.25) is 0 Å². The minimum absolute atomic E-state index is 0.451. The molecule has 0 amide bonds. The molecule has 2 rings (SSSR count). The van der Waals surface area contributed by atoms with Crippen molar-refractivity contribution in [2.24, 2.45) is 0 Å². The van der Waals surface area contributed by atoms with Gasteiger partial charge in [-0.15, -0.1) is 0 Å². The summed E-state index contributed by atoms with van der Waals surface area (Å²) in [4.78, 5) is 11.3. The molecule has 6 heteroatoms. The summed E-state index contributed by atoms with van der Waals surface area (Å²) in [5.74, 6) is 0. The highest BCUT2D eigenvalue weighted by atomic mass is 35.5. The van der Waals surface area contributed by atoms with E-state index in [-0.39, 0.29) is 0 Å². The van der Waals surface area contributed by atoms with E-state index in [9.17, 15) is 0 Å². The molecule has 0 atom stereocenters. The average molecular weight is 317 g/mol. The summed E-state index contributed by atoms with van der Waals surface area (Å²) in [5, 5.41) is 0.972. The van der Waals surface area contributed by atoms with Crippen LogP contribution in [-0.2, 0) is 6.54 Å². The molecule has 1 aliphatic rings. The number of piperazine rings is 1. The topological polar surface area (TPSA) is 22.6 Å². The van der Waals surface area contributed by atoms with Gasteiger partial charge in [-0.3, -0.25) is 9.80 Å². The zero-order valence-electron chi connectivity index (χ0n) is 12.1. The molecule has 1 saturated heterocycles. The molecule has 0 saturated carbocycles. The molecule has 20 heavy (non-hydrogen) atoms. The van der Waals surface area contributed by atoms with Crippen LogP contribution in [-0.4, -0.2) is 73.0 Å². The fraction of sp³-hybridized carbons (Fsp3) is 0.643. The molecule has 0 aromatic carbocycles. The van der Waals surface area contributed by atoms with Crippen LogP contribution in [0.15, 0.2) is 12.1 Å². The Kier molecular flexibility index (Phi) is 6.05. The maximum absolute atomic E-state index is 6.12. The summed E-state index contributed by atoms with van der Waals surface area (Å²) in [6.45, 7) is 7.50. The average Bonchev–Trinajstić information content (AvgIpc) is 2.41. The Morgan fingerprint density at radius 3 is 2.35 bits per heavy atom. The third-order valence-corrected chi connectivity index (χ3v) is 4.15. The van der Waals surface area contributed by atoms with Crippen molar-refractivity contribution in [2.75, 3.05) is 53.4 Å². The van der Waals surface area contributed by atoms with E-state index in [0.717, 1.165) is 51.4 Å². The SMILES string of the molecule is CN(C)CCN1CCN(Cc2ccc(Cl)nc2Cl)CC1. The van der Waals surface area contributed by atoms with E-state index in [2.05, 4.69) is 33.8 Å². The van der Waals surface area contributed by atoms with Crippen LogP contribution >= 0.6 is 23.2 Å². The van der Waals surface area contributed by atoms with Crippen molar-refractivity contribution in [3.63, 3.8) is 0 Å². The molecule has 0 bridgehead atoms. The van der Waals surface area contributed by atoms with E-state index in [1.807, 2.05) is 6.07 Å². The first-order chi connectivity index (χ1) is 9.54. The first-order valence-electron chi connectivity index (χ1n) is 6.95. The van der Waals surface area contributed by atoms with Gasteiger partial charge in [0.1, 0.15) is 10.3 Å². The molecule has 1 aliphatic heterocycles. The zero-order valence-corrected chi connectivity index (χ0v) is 13.7. The van der Waals surface area contributed by atoms with Gasteiger partial charge >= 0.3 is 0 Å². The maximum Gasteiger partial charge on any atom is 0.135 e. The molecule has 1 fully saturated rings. The lowest BCUT2D eigenvalue weighted by Gasteiger charge is -2.35. The van der Waals surface area contributed by atoms with Crippen LogP contribution in [0.5, 0.6) is 0 Å². The molecule has 1 aromatic rings. The molecule has 112 valence electrons. The Morgan fingerprint density at radius 2 is 1.75 bits per heavy atom. The molecule has 0 N–H and O–H groups in total. The van der Waals surface area contributed by atoms with Gasteiger partial charge in [-0.2, -0.15) is 0 Å². The molecule has 0 unspecified atom stereocenters. The summed E-state index contributed by atoms with van der Waals surface area (Å²) in [7, 11) is 4.23. The third kappa shape index (κ3) is 4.86. The largest absolute Gasteiger partial charge is 0.308 e. The normalized spacial score (nSPS) is 17.9. The van der Waals surface area contributed by atoms with Crippen LogP contribution in [0.25, 0.3) is 0 Å². The lowest BCUT2D eigenvalue weighted by molar-refractivity contribution is 0.120. The Balaban J connectivity index is 1.79. The van der Waals surface area contributed by atoms with Gasteiger partial charge in [-0.05, 0) is 20.2 Å². The van der Waals surface area contributed by atoms with E-state index >= 15 is 0 Å². The molecular formula is C14H22Cl2N4. The van der Waals surface area contributed by atoms with Crippen molar-refractivity contribution in [1.29, 1.82) is 0 Å². The van der Waals surface area contributed by atoms with E-state index < -0.39 is 0 Å². The number of nitrogens with zero attached hydrogens (tertiary/aromatic N) is 4. The molecule has 4 nitrogen and oxygen atoms in total. The highest BCUT2D eigenvalue weighted by Crippen LogP contribution is 2.19. The van der Waals surface area contributed by atoms with Crippen molar-refractivity contribution in [3.05, 3.63) is 28.0 Å². The van der Waals surface area contributed by atoms with Crippen LogP contribution in [0.4, 0.5) is 0 Å². The molecule has 2 heterocycles. The number of aromatic nitrogens is 1. The van der Waals surface area contributed by atoms with Crippen molar-refractivity contribution >= 4 is 23.2 Å². The molecule has 0 spiro atoms. The van der Waals surface area contributed by atoms with Gasteiger partial charge < -0.3 is 4.90 Å². The third-order valence-electron chi connectivity index (χ3n) is 3.61. The van der Waals surface area contributed by atoms with Crippen molar-refractivity contribution < 1.29 is 0 Å². The fourth-order valence-electron chi connectivity index (χ4n) is 2.31. The monoisotopic (exact) mass is 316 g/mol. The molecular weight excluding hydrogens is 295 g/mol. The summed E-state index contributed by atoms with van der Waals surface area (Å²) in [6, 6.07) is 3.77. The summed E-state index contributed by atoms with van der Waals surface area (Å²) in [5.41, 5.74) is 1.05. The lowest BCUT2D eigenvalue weighted by Crippen LogP contribution is -2.47. The van der Waals surface area contributed by atoms with Gasteiger partial charge in [0.15, 0.2) is 0 Å². The van der Waals surface area contributed by atoms with Crippen molar-refractivity contribution in [2.45, 2.75) is 6.54 Å². The number of likely N-dealkylation sites (N-methyl/N-ethyl adjacent to an activating group) is 1. The van der Waals surface area contributed by atoms with Crippen LogP contribution in [0.3, 0.4) is 0 Å². The van der Waals surface area contributed by atoms with Gasteiger partial charge in [0, 0.05) is 51.4 Å². The second-order valence-corrected chi connectivity index (χ2v) is 6.25. The molecule has 1 aromatic heterocycles.